The van der Waals surface area contributed by atoms with Gasteiger partial charge in [0.1, 0.15) is 6.10 Å². The lowest BCUT2D eigenvalue weighted by Gasteiger charge is -2.24. The second kappa shape index (κ2) is 4.61. The third kappa shape index (κ3) is 1.65. The SMILES string of the molecule is O=S1(=O)c2ccccc2S(=O)(=O)C1(F)C(O)c1ccccc1. The van der Waals surface area contributed by atoms with Crippen LogP contribution in [0.5, 0.6) is 0 Å². The smallest absolute Gasteiger partial charge is 0.346 e. The Balaban J connectivity index is 2.32. The predicted octanol–water partition coefficient (Wildman–Crippen LogP) is 1.60. The molecule has 0 saturated heterocycles. The maximum Gasteiger partial charge on any atom is 0.346 e. The normalized spacial score (nSPS) is 21.9. The van der Waals surface area contributed by atoms with Gasteiger partial charge in [-0.25, -0.2) is 21.2 Å². The molecule has 2 aromatic carbocycles. The zero-order valence-electron chi connectivity index (χ0n) is 11.0. The van der Waals surface area contributed by atoms with Gasteiger partial charge in [-0.05, 0) is 17.7 Å². The van der Waals surface area contributed by atoms with E-state index in [2.05, 4.69) is 0 Å². The van der Waals surface area contributed by atoms with E-state index in [1.807, 2.05) is 0 Å². The van der Waals surface area contributed by atoms with Crippen LogP contribution in [0.15, 0.2) is 64.4 Å². The van der Waals surface area contributed by atoms with E-state index in [4.69, 9.17) is 0 Å². The first-order chi connectivity index (χ1) is 10.2. The summed E-state index contributed by atoms with van der Waals surface area (Å²) in [4.78, 5) is -1.26. The summed E-state index contributed by atoms with van der Waals surface area (Å²) in [5, 5.41) is 10.2. The van der Waals surface area contributed by atoms with Crippen LogP contribution in [-0.4, -0.2) is 26.3 Å². The molecule has 0 aromatic heterocycles. The van der Waals surface area contributed by atoms with Crippen LogP contribution < -0.4 is 0 Å². The van der Waals surface area contributed by atoms with E-state index in [9.17, 15) is 21.9 Å². The fraction of sp³-hybridized carbons (Fsp3) is 0.143. The van der Waals surface area contributed by atoms with Crippen molar-refractivity contribution in [1.82, 2.24) is 0 Å². The van der Waals surface area contributed by atoms with Gasteiger partial charge in [0.05, 0.1) is 9.79 Å². The average molecular weight is 342 g/mol. The lowest BCUT2D eigenvalue weighted by Crippen LogP contribution is -2.42. The van der Waals surface area contributed by atoms with Crippen LogP contribution in [0, 0.1) is 0 Å². The molecule has 0 radical (unpaired) electrons. The van der Waals surface area contributed by atoms with Crippen LogP contribution in [0.25, 0.3) is 0 Å². The fourth-order valence-electron chi connectivity index (χ4n) is 2.47. The Kier molecular flexibility index (Phi) is 3.17. The van der Waals surface area contributed by atoms with Gasteiger partial charge in [-0.15, -0.1) is 0 Å². The quantitative estimate of drug-likeness (QED) is 0.896. The minimum absolute atomic E-state index is 0.134. The number of rotatable bonds is 2. The predicted molar refractivity (Wildman–Crippen MR) is 76.1 cm³/mol. The van der Waals surface area contributed by atoms with E-state index in [0.717, 1.165) is 12.1 Å². The molecule has 2 aromatic rings. The van der Waals surface area contributed by atoms with Crippen molar-refractivity contribution in [3.05, 3.63) is 60.2 Å². The molecule has 3 rings (SSSR count). The monoisotopic (exact) mass is 342 g/mol. The van der Waals surface area contributed by atoms with E-state index in [1.54, 1.807) is 6.07 Å². The lowest BCUT2D eigenvalue weighted by molar-refractivity contribution is 0.0958. The molecule has 1 atom stereocenters. The Bertz CT molecular complexity index is 883. The molecule has 5 nitrogen and oxygen atoms in total. The highest BCUT2D eigenvalue weighted by Crippen LogP contribution is 2.52. The molecule has 1 N–H and O–H groups in total. The maximum absolute atomic E-state index is 15.3. The summed E-state index contributed by atoms with van der Waals surface area (Å²) in [7, 11) is -9.81. The molecule has 8 heteroatoms. The van der Waals surface area contributed by atoms with Crippen LogP contribution in [0.1, 0.15) is 11.7 Å². The zero-order chi connectivity index (χ0) is 16.2. The largest absolute Gasteiger partial charge is 0.383 e. The Morgan fingerprint density at radius 3 is 1.68 bits per heavy atom. The van der Waals surface area contributed by atoms with Gasteiger partial charge >= 0.3 is 4.33 Å². The van der Waals surface area contributed by atoms with Crippen molar-refractivity contribution in [2.75, 3.05) is 0 Å². The van der Waals surface area contributed by atoms with Gasteiger partial charge in [-0.3, -0.25) is 0 Å². The lowest BCUT2D eigenvalue weighted by atomic mass is 10.1. The number of alkyl halides is 1. The molecule has 0 bridgehead atoms. The molecule has 1 unspecified atom stereocenters. The number of aliphatic hydroxyl groups is 1. The van der Waals surface area contributed by atoms with Crippen molar-refractivity contribution in [2.45, 2.75) is 20.2 Å². The summed E-state index contributed by atoms with van der Waals surface area (Å²) in [5.74, 6) is 0. The Morgan fingerprint density at radius 2 is 1.23 bits per heavy atom. The maximum atomic E-state index is 15.3. The van der Waals surface area contributed by atoms with Gasteiger partial charge in [0, 0.05) is 0 Å². The van der Waals surface area contributed by atoms with Crippen molar-refractivity contribution in [3.63, 3.8) is 0 Å². The van der Waals surface area contributed by atoms with Gasteiger partial charge in [-0.2, -0.15) is 0 Å². The topological polar surface area (TPSA) is 88.5 Å². The van der Waals surface area contributed by atoms with Gasteiger partial charge in [0.25, 0.3) is 0 Å². The van der Waals surface area contributed by atoms with E-state index >= 15 is 4.39 Å². The first kappa shape index (κ1) is 15.1. The number of halogens is 1. The summed E-state index contributed by atoms with van der Waals surface area (Å²) in [6.45, 7) is 0. The molecule has 1 heterocycles. The van der Waals surface area contributed by atoms with Crippen LogP contribution in [0.4, 0.5) is 4.39 Å². The highest BCUT2D eigenvalue weighted by Gasteiger charge is 2.68. The van der Waals surface area contributed by atoms with Gasteiger partial charge in [-0.1, -0.05) is 42.5 Å². The first-order valence-electron chi connectivity index (χ1n) is 6.25. The number of fused-ring (bicyclic) bond motifs is 1. The van der Waals surface area contributed by atoms with E-state index in [1.165, 1.54) is 36.4 Å². The van der Waals surface area contributed by atoms with Crippen molar-refractivity contribution in [1.29, 1.82) is 0 Å². The van der Waals surface area contributed by atoms with E-state index in [-0.39, 0.29) is 5.56 Å². The summed E-state index contributed by atoms with van der Waals surface area (Å²) in [6.07, 6.45) is -2.35. The Hall–Kier alpha value is -1.77. The molecule has 0 fully saturated rings. The van der Waals surface area contributed by atoms with E-state index < -0.39 is 39.9 Å². The molecule has 0 spiro atoms. The van der Waals surface area contributed by atoms with Crippen molar-refractivity contribution in [2.24, 2.45) is 0 Å². The summed E-state index contributed by atoms with van der Waals surface area (Å²) in [6, 6.07) is 11.6. The number of sulfone groups is 2. The average Bonchev–Trinajstić information content (AvgIpc) is 2.65. The van der Waals surface area contributed by atoms with Crippen LogP contribution in [0.3, 0.4) is 0 Å². The molecule has 1 aliphatic heterocycles. The number of aliphatic hydroxyl groups excluding tert-OH is 1. The summed E-state index contributed by atoms with van der Waals surface area (Å²) < 4.78 is 61.2. The van der Waals surface area contributed by atoms with Crippen molar-refractivity contribution in [3.8, 4) is 0 Å². The third-order valence-electron chi connectivity index (χ3n) is 3.60. The second-order valence-electron chi connectivity index (χ2n) is 4.85. The molecule has 0 aliphatic carbocycles. The highest BCUT2D eigenvalue weighted by molar-refractivity contribution is 8.12. The Labute approximate surface area is 126 Å². The molecule has 0 amide bonds. The molecule has 1 aliphatic rings. The zero-order valence-corrected chi connectivity index (χ0v) is 12.7. The van der Waals surface area contributed by atoms with Crippen molar-refractivity contribution < 1.29 is 26.3 Å². The minimum atomic E-state index is -4.91. The van der Waals surface area contributed by atoms with Gasteiger partial charge < -0.3 is 5.11 Å². The fourth-order valence-corrected chi connectivity index (χ4v) is 7.46. The van der Waals surface area contributed by atoms with E-state index in [0.29, 0.717) is 0 Å². The summed E-state index contributed by atoms with van der Waals surface area (Å²) in [5.41, 5.74) is -0.134. The van der Waals surface area contributed by atoms with Gasteiger partial charge in [0.2, 0.25) is 19.7 Å². The molecular formula is C14H11FO5S2. The second-order valence-corrected chi connectivity index (χ2v) is 9.19. The standard InChI is InChI=1S/C14H11FO5S2/c15-14(13(16)10-6-2-1-3-7-10)21(17,18)11-8-4-5-9-12(11)22(14,19)20/h1-9,13,16H. The van der Waals surface area contributed by atoms with Crippen LogP contribution >= 0.6 is 0 Å². The first-order valence-corrected chi connectivity index (χ1v) is 9.21. The van der Waals surface area contributed by atoms with Crippen LogP contribution in [0.2, 0.25) is 0 Å². The highest BCUT2D eigenvalue weighted by atomic mass is 32.3. The molecule has 0 saturated carbocycles. The molecule has 116 valence electrons. The number of benzene rings is 2. The summed E-state index contributed by atoms with van der Waals surface area (Å²) >= 11 is 0. The van der Waals surface area contributed by atoms with Gasteiger partial charge in [0.15, 0.2) is 0 Å². The molecule has 22 heavy (non-hydrogen) atoms. The Morgan fingerprint density at radius 1 is 0.818 bits per heavy atom. The number of hydrogen-bond donors (Lipinski definition) is 1. The third-order valence-corrected chi connectivity index (χ3v) is 8.83. The number of hydrogen-bond acceptors (Lipinski definition) is 5. The molecular weight excluding hydrogens is 331 g/mol. The van der Waals surface area contributed by atoms with Crippen LogP contribution in [-0.2, 0) is 19.7 Å². The van der Waals surface area contributed by atoms with Crippen molar-refractivity contribution >= 4 is 19.7 Å². The minimum Gasteiger partial charge on any atom is -0.383 e.